The van der Waals surface area contributed by atoms with Crippen molar-refractivity contribution in [3.05, 3.63) is 60.3 Å². The van der Waals surface area contributed by atoms with E-state index in [0.29, 0.717) is 36.6 Å². The molecule has 0 saturated carbocycles. The number of nitrogens with one attached hydrogen (secondary N) is 1. The Morgan fingerprint density at radius 3 is 2.35 bits per heavy atom. The van der Waals surface area contributed by atoms with Gasteiger partial charge in [-0.3, -0.25) is 19.2 Å². The normalized spacial score (nSPS) is 14.0. The molecular weight excluding hydrogens is 638 g/mol. The van der Waals surface area contributed by atoms with E-state index in [0.717, 1.165) is 41.5 Å². The topological polar surface area (TPSA) is 199 Å². The Balaban J connectivity index is 0.000000348. The van der Waals surface area contributed by atoms with E-state index in [9.17, 15) is 28.8 Å². The van der Waals surface area contributed by atoms with Crippen molar-refractivity contribution in [2.75, 3.05) is 32.7 Å². The maximum atomic E-state index is 12.3. The molecule has 0 aliphatic carbocycles. The van der Waals surface area contributed by atoms with Gasteiger partial charge in [-0.1, -0.05) is 18.7 Å². The molecule has 0 radical (unpaired) electrons. The number of aryl methyl sites for hydroxylation is 2. The maximum Gasteiger partial charge on any atom is 0.330 e. The van der Waals surface area contributed by atoms with Gasteiger partial charge in [0.05, 0.1) is 26.1 Å². The second-order valence-corrected chi connectivity index (χ2v) is 11.9. The molecule has 3 N–H and O–H groups in total. The molecule has 1 saturated heterocycles. The molecule has 49 heavy (non-hydrogen) atoms. The largest absolute Gasteiger partial charge is 0.493 e. The summed E-state index contributed by atoms with van der Waals surface area (Å²) in [5, 5.41) is 20.4. The van der Waals surface area contributed by atoms with Crippen LogP contribution in [0.1, 0.15) is 63.6 Å². The summed E-state index contributed by atoms with van der Waals surface area (Å²) in [6.07, 6.45) is 4.90. The second-order valence-electron chi connectivity index (χ2n) is 11.9. The third-order valence-corrected chi connectivity index (χ3v) is 7.59. The number of carbonyl (C=O) groups excluding carboxylic acids is 4. The number of ketones is 1. The standard InChI is InChI=1S/C20H24N2O5.C15H21NO6/c1-26-16-10-9-14(13-17(16)27-2)5-3-6-15-7-4-8-18(21-15)22-19(23)11-12-20(24)25;1-4-11(17)22-9-15(2,3)12(18)13(19)16-8-6-5-7-10(16)14(20)21/h4,7-10,13H,3,5-6,11-12H2,1-2H3,(H,24,25)(H,21,22,23);4,10H,1,5-9H2,2-3H3,(H,20,21). The van der Waals surface area contributed by atoms with Crippen molar-refractivity contribution in [3.63, 3.8) is 0 Å². The summed E-state index contributed by atoms with van der Waals surface area (Å²) in [7, 11) is 3.22. The molecule has 3 rings (SSSR count). The van der Waals surface area contributed by atoms with Gasteiger partial charge < -0.3 is 34.6 Å². The van der Waals surface area contributed by atoms with E-state index < -0.39 is 41.1 Å². The molecule has 1 atom stereocenters. The van der Waals surface area contributed by atoms with Crippen LogP contribution in [0.4, 0.5) is 5.82 Å². The number of likely N-dealkylation sites (tertiary alicyclic amines) is 1. The van der Waals surface area contributed by atoms with Gasteiger partial charge in [0.2, 0.25) is 11.7 Å². The first-order valence-corrected chi connectivity index (χ1v) is 15.8. The number of esters is 1. The van der Waals surface area contributed by atoms with Gasteiger partial charge in [-0.2, -0.15) is 0 Å². The first-order valence-electron chi connectivity index (χ1n) is 15.8. The molecule has 266 valence electrons. The first kappa shape index (κ1) is 39.9. The number of rotatable bonds is 16. The first-order chi connectivity index (χ1) is 23.2. The third-order valence-electron chi connectivity index (χ3n) is 7.59. The highest BCUT2D eigenvalue weighted by Crippen LogP contribution is 2.28. The van der Waals surface area contributed by atoms with Crippen molar-refractivity contribution in [1.82, 2.24) is 9.88 Å². The monoisotopic (exact) mass is 683 g/mol. The molecule has 2 amide bonds. The molecule has 1 fully saturated rings. The zero-order valence-electron chi connectivity index (χ0n) is 28.4. The lowest BCUT2D eigenvalue weighted by atomic mass is 9.87. The van der Waals surface area contributed by atoms with Gasteiger partial charge >= 0.3 is 17.9 Å². The average molecular weight is 684 g/mol. The number of nitrogens with zero attached hydrogens (tertiary/aromatic N) is 2. The van der Waals surface area contributed by atoms with Crippen molar-refractivity contribution < 1.29 is 53.2 Å². The number of aromatic nitrogens is 1. The molecule has 1 unspecified atom stereocenters. The Morgan fingerprint density at radius 1 is 1.00 bits per heavy atom. The van der Waals surface area contributed by atoms with Crippen LogP contribution in [-0.4, -0.2) is 89.0 Å². The van der Waals surface area contributed by atoms with Crippen LogP contribution in [0.2, 0.25) is 0 Å². The smallest absolute Gasteiger partial charge is 0.330 e. The van der Waals surface area contributed by atoms with Crippen molar-refractivity contribution in [2.24, 2.45) is 5.41 Å². The molecule has 1 aliphatic rings. The zero-order chi connectivity index (χ0) is 36.6. The Bertz CT molecular complexity index is 1510. The predicted octanol–water partition coefficient (Wildman–Crippen LogP) is 3.85. The molecule has 2 heterocycles. The van der Waals surface area contributed by atoms with E-state index >= 15 is 0 Å². The van der Waals surface area contributed by atoms with Crippen LogP contribution in [-0.2, 0) is 46.3 Å². The third kappa shape index (κ3) is 13.0. The van der Waals surface area contributed by atoms with Gasteiger partial charge in [-0.05, 0) is 82.2 Å². The summed E-state index contributed by atoms with van der Waals surface area (Å²) in [6.45, 7) is 6.17. The lowest BCUT2D eigenvalue weighted by Crippen LogP contribution is -2.53. The molecule has 0 bridgehead atoms. The number of methoxy groups -OCH3 is 2. The lowest BCUT2D eigenvalue weighted by molar-refractivity contribution is -0.159. The number of hydrogen-bond acceptors (Lipinski definition) is 10. The van der Waals surface area contributed by atoms with Crippen molar-refractivity contribution in [3.8, 4) is 11.5 Å². The minimum atomic E-state index is -1.23. The second kappa shape index (κ2) is 19.5. The van der Waals surface area contributed by atoms with E-state index in [2.05, 4.69) is 16.9 Å². The fraction of sp³-hybridized carbons (Fsp3) is 0.457. The van der Waals surface area contributed by atoms with Crippen LogP contribution in [0.5, 0.6) is 11.5 Å². The number of piperidine rings is 1. The lowest BCUT2D eigenvalue weighted by Gasteiger charge is -2.34. The number of Topliss-reactive ketones (excluding diaryl/α,β-unsaturated/α-hetero) is 1. The highest BCUT2D eigenvalue weighted by molar-refractivity contribution is 6.38. The predicted molar refractivity (Wildman–Crippen MR) is 178 cm³/mol. The number of anilines is 1. The van der Waals surface area contributed by atoms with E-state index in [4.69, 9.17) is 24.4 Å². The van der Waals surface area contributed by atoms with Gasteiger partial charge in [0.1, 0.15) is 18.5 Å². The molecule has 14 nitrogen and oxygen atoms in total. The van der Waals surface area contributed by atoms with E-state index in [1.807, 2.05) is 30.3 Å². The Labute approximate surface area is 285 Å². The Kier molecular flexibility index (Phi) is 15.9. The SMILES string of the molecule is C=CC(=O)OCC(C)(C)C(=O)C(=O)N1CCCCC1C(=O)O.COc1ccc(CCCc2cccc(NC(=O)CCC(=O)O)n2)cc1OC. The van der Waals surface area contributed by atoms with Crippen molar-refractivity contribution in [1.29, 1.82) is 0 Å². The highest BCUT2D eigenvalue weighted by atomic mass is 16.5. The number of carbonyl (C=O) groups is 6. The average Bonchev–Trinajstić information content (AvgIpc) is 3.09. The summed E-state index contributed by atoms with van der Waals surface area (Å²) in [6, 6.07) is 10.3. The van der Waals surface area contributed by atoms with Crippen LogP contribution >= 0.6 is 0 Å². The highest BCUT2D eigenvalue weighted by Gasteiger charge is 2.41. The van der Waals surface area contributed by atoms with E-state index in [1.165, 1.54) is 13.8 Å². The minimum Gasteiger partial charge on any atom is -0.493 e. The van der Waals surface area contributed by atoms with E-state index in [-0.39, 0.29) is 31.9 Å². The number of carboxylic acid groups (broad SMARTS) is 2. The number of amides is 2. The molecule has 1 aliphatic heterocycles. The van der Waals surface area contributed by atoms with Crippen LogP contribution < -0.4 is 14.8 Å². The minimum absolute atomic E-state index is 0.0689. The quantitative estimate of drug-likeness (QED) is 0.131. The van der Waals surface area contributed by atoms with Crippen LogP contribution in [0, 0.1) is 5.41 Å². The summed E-state index contributed by atoms with van der Waals surface area (Å²) < 4.78 is 15.4. The number of pyridine rings is 1. The number of aliphatic carboxylic acids is 2. The van der Waals surface area contributed by atoms with Gasteiger partial charge in [0.25, 0.3) is 5.91 Å². The van der Waals surface area contributed by atoms with Crippen molar-refractivity contribution in [2.45, 2.75) is 71.3 Å². The number of benzene rings is 1. The molecule has 14 heteroatoms. The van der Waals surface area contributed by atoms with E-state index in [1.54, 1.807) is 20.3 Å². The molecule has 2 aromatic rings. The number of ether oxygens (including phenoxy) is 3. The number of carboxylic acids is 2. The molecular formula is C35H45N3O11. The van der Waals surface area contributed by atoms with Gasteiger partial charge in [0.15, 0.2) is 11.5 Å². The summed E-state index contributed by atoms with van der Waals surface area (Å²) in [5.41, 5.74) is 0.785. The summed E-state index contributed by atoms with van der Waals surface area (Å²) in [5.74, 6) is -2.91. The fourth-order valence-electron chi connectivity index (χ4n) is 4.85. The van der Waals surface area contributed by atoms with Crippen molar-refractivity contribution >= 4 is 41.3 Å². The van der Waals surface area contributed by atoms with Crippen LogP contribution in [0.25, 0.3) is 0 Å². The van der Waals surface area contributed by atoms with Gasteiger partial charge in [-0.15, -0.1) is 0 Å². The van der Waals surface area contributed by atoms with Gasteiger partial charge in [-0.25, -0.2) is 14.6 Å². The van der Waals surface area contributed by atoms with Gasteiger partial charge in [0, 0.05) is 24.7 Å². The number of hydrogen-bond donors (Lipinski definition) is 3. The summed E-state index contributed by atoms with van der Waals surface area (Å²) in [4.78, 5) is 74.7. The zero-order valence-corrected chi connectivity index (χ0v) is 28.4. The van der Waals surface area contributed by atoms with Crippen LogP contribution in [0.3, 0.4) is 0 Å². The Hall–Kier alpha value is -5.27. The summed E-state index contributed by atoms with van der Waals surface area (Å²) >= 11 is 0. The maximum absolute atomic E-state index is 12.3. The molecule has 1 aromatic carbocycles. The molecule has 1 aromatic heterocycles. The van der Waals surface area contributed by atoms with Crippen LogP contribution in [0.15, 0.2) is 49.1 Å². The Morgan fingerprint density at radius 2 is 1.71 bits per heavy atom. The molecule has 0 spiro atoms. The fourth-order valence-corrected chi connectivity index (χ4v) is 4.85.